The van der Waals surface area contributed by atoms with Gasteiger partial charge in [-0.25, -0.2) is 9.59 Å². The zero-order valence-corrected chi connectivity index (χ0v) is 12.9. The van der Waals surface area contributed by atoms with E-state index in [1.54, 1.807) is 6.92 Å². The SMILES string of the molecule is C=C(C)C(=O)O.C=CC(=O)C1CNCCO1.CC=CC(=O)O. The number of aliphatic carboxylic acids is 2. The van der Waals surface area contributed by atoms with Crippen molar-refractivity contribution in [2.45, 2.75) is 20.0 Å². The summed E-state index contributed by atoms with van der Waals surface area (Å²) < 4.78 is 5.15. The molecule has 1 atom stereocenters. The monoisotopic (exact) mass is 313 g/mol. The zero-order chi connectivity index (χ0) is 17.5. The van der Waals surface area contributed by atoms with Crippen molar-refractivity contribution in [3.63, 3.8) is 0 Å². The predicted octanol–water partition coefficient (Wildman–Crippen LogP) is 1.02. The van der Waals surface area contributed by atoms with E-state index in [0.29, 0.717) is 13.2 Å². The first kappa shape index (κ1) is 22.0. The number of morpholine rings is 1. The van der Waals surface area contributed by atoms with Gasteiger partial charge in [-0.05, 0) is 19.9 Å². The van der Waals surface area contributed by atoms with Crippen LogP contribution < -0.4 is 5.32 Å². The Hall–Kier alpha value is -2.25. The quantitative estimate of drug-likeness (QED) is 0.664. The fourth-order valence-electron chi connectivity index (χ4n) is 1.02. The van der Waals surface area contributed by atoms with Crippen molar-refractivity contribution in [1.82, 2.24) is 5.32 Å². The van der Waals surface area contributed by atoms with Crippen molar-refractivity contribution in [3.8, 4) is 0 Å². The van der Waals surface area contributed by atoms with E-state index in [1.807, 2.05) is 0 Å². The third-order valence-electron chi connectivity index (χ3n) is 2.12. The first-order valence-electron chi connectivity index (χ1n) is 6.49. The number of carboxylic acid groups (broad SMARTS) is 2. The third-order valence-corrected chi connectivity index (χ3v) is 2.12. The van der Waals surface area contributed by atoms with E-state index in [-0.39, 0.29) is 17.5 Å². The second kappa shape index (κ2) is 13.7. The van der Waals surface area contributed by atoms with Gasteiger partial charge in [-0.15, -0.1) is 0 Å². The van der Waals surface area contributed by atoms with Gasteiger partial charge in [0.15, 0.2) is 5.78 Å². The second-order valence-corrected chi connectivity index (χ2v) is 4.09. The van der Waals surface area contributed by atoms with Gasteiger partial charge in [0.2, 0.25) is 0 Å². The van der Waals surface area contributed by atoms with Gasteiger partial charge in [0.25, 0.3) is 0 Å². The maximum absolute atomic E-state index is 10.9. The molecule has 7 nitrogen and oxygen atoms in total. The molecule has 7 heteroatoms. The third kappa shape index (κ3) is 14.2. The average Bonchev–Trinajstić information content (AvgIpc) is 2.48. The first-order valence-corrected chi connectivity index (χ1v) is 6.49. The highest BCUT2D eigenvalue weighted by molar-refractivity contribution is 5.93. The molecule has 0 aliphatic carbocycles. The number of hydrogen-bond acceptors (Lipinski definition) is 5. The van der Waals surface area contributed by atoms with E-state index in [2.05, 4.69) is 18.5 Å². The van der Waals surface area contributed by atoms with Gasteiger partial charge < -0.3 is 20.3 Å². The molecular formula is C15H23NO6. The van der Waals surface area contributed by atoms with Crippen LogP contribution in [0.5, 0.6) is 0 Å². The van der Waals surface area contributed by atoms with Crippen molar-refractivity contribution < 1.29 is 29.3 Å². The summed E-state index contributed by atoms with van der Waals surface area (Å²) in [5, 5.41) is 18.8. The van der Waals surface area contributed by atoms with Gasteiger partial charge in [0.05, 0.1) is 6.61 Å². The predicted molar refractivity (Wildman–Crippen MR) is 82.7 cm³/mol. The Morgan fingerprint density at radius 3 is 2.09 bits per heavy atom. The summed E-state index contributed by atoms with van der Waals surface area (Å²) in [5.74, 6) is -1.86. The number of carbonyl (C=O) groups excluding carboxylic acids is 1. The van der Waals surface area contributed by atoms with Crippen LogP contribution in [0.15, 0.2) is 37.0 Å². The molecule has 22 heavy (non-hydrogen) atoms. The Kier molecular flexibility index (Phi) is 13.7. The van der Waals surface area contributed by atoms with Gasteiger partial charge in [-0.3, -0.25) is 4.79 Å². The van der Waals surface area contributed by atoms with E-state index in [4.69, 9.17) is 14.9 Å². The Labute approximate surface area is 130 Å². The summed E-state index contributed by atoms with van der Waals surface area (Å²) in [5.41, 5.74) is 0.176. The summed E-state index contributed by atoms with van der Waals surface area (Å²) >= 11 is 0. The Bertz CT molecular complexity index is 410. The summed E-state index contributed by atoms with van der Waals surface area (Å²) in [6.45, 7) is 11.7. The second-order valence-electron chi connectivity index (χ2n) is 4.09. The molecule has 124 valence electrons. The topological polar surface area (TPSA) is 113 Å². The average molecular weight is 313 g/mol. The molecule has 0 aromatic carbocycles. The minimum absolute atomic E-state index is 0.0350. The number of nitrogens with one attached hydrogen (secondary N) is 1. The highest BCUT2D eigenvalue weighted by Gasteiger charge is 2.18. The molecule has 0 spiro atoms. The normalized spacial score (nSPS) is 16.4. The number of carboxylic acids is 2. The van der Waals surface area contributed by atoms with Crippen molar-refractivity contribution >= 4 is 17.7 Å². The van der Waals surface area contributed by atoms with Crippen molar-refractivity contribution in [2.24, 2.45) is 0 Å². The highest BCUT2D eigenvalue weighted by Crippen LogP contribution is 1.97. The lowest BCUT2D eigenvalue weighted by molar-refractivity contribution is -0.133. The van der Waals surface area contributed by atoms with E-state index < -0.39 is 11.9 Å². The van der Waals surface area contributed by atoms with Crippen LogP contribution in [0.4, 0.5) is 0 Å². The van der Waals surface area contributed by atoms with Crippen LogP contribution in [-0.4, -0.2) is 53.7 Å². The molecule has 0 saturated carbocycles. The van der Waals surface area contributed by atoms with E-state index in [0.717, 1.165) is 12.6 Å². The molecule has 1 unspecified atom stereocenters. The summed E-state index contributed by atoms with van der Waals surface area (Å²) in [6.07, 6.45) is 3.56. The van der Waals surface area contributed by atoms with Crippen LogP contribution in [-0.2, 0) is 19.1 Å². The zero-order valence-electron chi connectivity index (χ0n) is 12.9. The maximum Gasteiger partial charge on any atom is 0.330 e. The van der Waals surface area contributed by atoms with Gasteiger partial charge >= 0.3 is 11.9 Å². The summed E-state index contributed by atoms with van der Waals surface area (Å²) in [7, 11) is 0. The lowest BCUT2D eigenvalue weighted by atomic mass is 10.2. The summed E-state index contributed by atoms with van der Waals surface area (Å²) in [4.78, 5) is 30.0. The lowest BCUT2D eigenvalue weighted by Crippen LogP contribution is -2.42. The van der Waals surface area contributed by atoms with Gasteiger partial charge in [-0.1, -0.05) is 19.2 Å². The summed E-state index contributed by atoms with van der Waals surface area (Å²) in [6, 6.07) is 0. The molecule has 1 aliphatic heterocycles. The van der Waals surface area contributed by atoms with Crippen molar-refractivity contribution in [2.75, 3.05) is 19.7 Å². The van der Waals surface area contributed by atoms with Crippen molar-refractivity contribution in [3.05, 3.63) is 37.0 Å². The molecule has 1 rings (SSSR count). The molecule has 0 bridgehead atoms. The van der Waals surface area contributed by atoms with Crippen LogP contribution in [0.3, 0.4) is 0 Å². The maximum atomic E-state index is 10.9. The highest BCUT2D eigenvalue weighted by atomic mass is 16.5. The molecule has 1 heterocycles. The standard InChI is InChI=1S/C7H11NO2.2C4H6O2/c1-2-6(9)7-5-8-3-4-10-7;1-3(2)4(5)6;1-2-3-4(5)6/h2,7-8H,1,3-5H2;1H2,2H3,(H,5,6);2-3H,1H3,(H,5,6). The van der Waals surface area contributed by atoms with Crippen LogP contribution in [0.2, 0.25) is 0 Å². The minimum Gasteiger partial charge on any atom is -0.478 e. The minimum atomic E-state index is -0.935. The Balaban J connectivity index is 0. The van der Waals surface area contributed by atoms with Gasteiger partial charge in [0, 0.05) is 24.7 Å². The molecule has 0 amide bonds. The van der Waals surface area contributed by atoms with Gasteiger partial charge in [0.1, 0.15) is 6.10 Å². The molecule has 0 aromatic rings. The molecule has 1 aliphatic rings. The molecule has 1 saturated heterocycles. The van der Waals surface area contributed by atoms with E-state index in [1.165, 1.54) is 19.1 Å². The smallest absolute Gasteiger partial charge is 0.330 e. The molecule has 3 N–H and O–H groups in total. The lowest BCUT2D eigenvalue weighted by Gasteiger charge is -2.20. The van der Waals surface area contributed by atoms with Crippen LogP contribution >= 0.6 is 0 Å². The number of ketones is 1. The van der Waals surface area contributed by atoms with E-state index >= 15 is 0 Å². The van der Waals surface area contributed by atoms with Crippen molar-refractivity contribution in [1.29, 1.82) is 0 Å². The number of hydrogen-bond donors (Lipinski definition) is 3. The molecule has 1 fully saturated rings. The van der Waals surface area contributed by atoms with Crippen LogP contribution in [0, 0.1) is 0 Å². The largest absolute Gasteiger partial charge is 0.478 e. The van der Waals surface area contributed by atoms with Crippen LogP contribution in [0.25, 0.3) is 0 Å². The Morgan fingerprint density at radius 2 is 1.86 bits per heavy atom. The number of ether oxygens (including phenoxy) is 1. The number of allylic oxidation sites excluding steroid dienone is 1. The molecule has 0 radical (unpaired) electrons. The van der Waals surface area contributed by atoms with E-state index in [9.17, 15) is 14.4 Å². The fraction of sp³-hybridized carbons (Fsp3) is 0.400. The first-order chi connectivity index (χ1) is 10.3. The molecule has 0 aromatic heterocycles. The number of rotatable bonds is 4. The Morgan fingerprint density at radius 1 is 1.32 bits per heavy atom. The fourth-order valence-corrected chi connectivity index (χ4v) is 1.02. The number of carbonyl (C=O) groups is 3. The van der Waals surface area contributed by atoms with Gasteiger partial charge in [-0.2, -0.15) is 0 Å². The van der Waals surface area contributed by atoms with Crippen LogP contribution in [0.1, 0.15) is 13.8 Å². The molecular weight excluding hydrogens is 290 g/mol.